The van der Waals surface area contributed by atoms with E-state index in [1.807, 2.05) is 6.07 Å². The Hall–Kier alpha value is -2.91. The molecule has 4 rings (SSSR count). The van der Waals surface area contributed by atoms with Gasteiger partial charge in [-0.3, -0.25) is 9.36 Å². The van der Waals surface area contributed by atoms with Gasteiger partial charge in [0.25, 0.3) is 0 Å². The predicted octanol–water partition coefficient (Wildman–Crippen LogP) is 2.95. The Kier molecular flexibility index (Phi) is 6.76. The summed E-state index contributed by atoms with van der Waals surface area (Å²) in [4.78, 5) is 24.3. The maximum atomic E-state index is 12.7. The van der Waals surface area contributed by atoms with Crippen molar-refractivity contribution < 1.29 is 22.4 Å². The molecule has 0 N–H and O–H groups in total. The number of nitrogens with zero attached hydrogens (tertiary/aromatic N) is 2. The number of carbonyl (C=O) groups is 1. The molecule has 1 aromatic heterocycles. The molecule has 1 aliphatic rings. The molecule has 1 saturated heterocycles. The molecule has 0 radical (unpaired) electrons. The summed E-state index contributed by atoms with van der Waals surface area (Å²) in [7, 11) is -3.48. The largest absolute Gasteiger partial charge is 0.465 e. The van der Waals surface area contributed by atoms with Crippen LogP contribution in [0, 0.1) is 0 Å². The van der Waals surface area contributed by atoms with Gasteiger partial charge in [0.05, 0.1) is 23.4 Å². The zero-order valence-corrected chi connectivity index (χ0v) is 18.6. The fourth-order valence-corrected chi connectivity index (χ4v) is 5.40. The van der Waals surface area contributed by atoms with Crippen LogP contribution in [0.25, 0.3) is 11.1 Å². The number of hydrogen-bond donors (Lipinski definition) is 0. The van der Waals surface area contributed by atoms with Crippen LogP contribution in [0.2, 0.25) is 0 Å². The highest BCUT2D eigenvalue weighted by Gasteiger charge is 2.25. The summed E-state index contributed by atoms with van der Waals surface area (Å²) in [5.41, 5.74) is 1.92. The number of esters is 1. The van der Waals surface area contributed by atoms with Crippen molar-refractivity contribution in [3.8, 4) is 0 Å². The van der Waals surface area contributed by atoms with E-state index in [4.69, 9.17) is 9.15 Å². The third kappa shape index (κ3) is 4.94. The summed E-state index contributed by atoms with van der Waals surface area (Å²) in [6.45, 7) is 1.66. The number of hydrogen-bond acceptors (Lipinski definition) is 6. The molecule has 1 fully saturated rings. The van der Waals surface area contributed by atoms with Crippen LogP contribution in [0.5, 0.6) is 0 Å². The van der Waals surface area contributed by atoms with E-state index in [9.17, 15) is 18.0 Å². The van der Waals surface area contributed by atoms with Crippen LogP contribution >= 0.6 is 0 Å². The first kappa shape index (κ1) is 22.3. The highest BCUT2D eigenvalue weighted by atomic mass is 32.2. The van der Waals surface area contributed by atoms with E-state index >= 15 is 0 Å². The van der Waals surface area contributed by atoms with Crippen molar-refractivity contribution in [2.24, 2.45) is 0 Å². The molecule has 0 bridgehead atoms. The van der Waals surface area contributed by atoms with Gasteiger partial charge in [-0.15, -0.1) is 0 Å². The summed E-state index contributed by atoms with van der Waals surface area (Å²) in [5, 5.41) is 0. The Morgan fingerprint density at radius 2 is 1.72 bits per heavy atom. The summed E-state index contributed by atoms with van der Waals surface area (Å²) >= 11 is 0. The van der Waals surface area contributed by atoms with Gasteiger partial charge in [-0.25, -0.2) is 13.2 Å². The molecular weight excluding hydrogens is 432 g/mol. The van der Waals surface area contributed by atoms with Crippen molar-refractivity contribution in [2.75, 3.05) is 19.7 Å². The smallest absolute Gasteiger partial charge is 0.419 e. The van der Waals surface area contributed by atoms with Crippen molar-refractivity contribution in [2.45, 2.75) is 43.5 Å². The van der Waals surface area contributed by atoms with Gasteiger partial charge in [0, 0.05) is 19.6 Å². The molecule has 0 unspecified atom stereocenters. The van der Waals surface area contributed by atoms with Crippen LogP contribution in [0.3, 0.4) is 0 Å². The Balaban J connectivity index is 1.27. The summed E-state index contributed by atoms with van der Waals surface area (Å²) < 4.78 is 38.9. The maximum absolute atomic E-state index is 12.7. The molecule has 0 atom stereocenters. The van der Waals surface area contributed by atoms with Crippen LogP contribution in [-0.2, 0) is 32.5 Å². The molecule has 3 aromatic rings. The second kappa shape index (κ2) is 9.70. The first-order valence-electron chi connectivity index (χ1n) is 10.8. The van der Waals surface area contributed by atoms with Gasteiger partial charge in [0.15, 0.2) is 5.58 Å². The Labute approximate surface area is 186 Å². The van der Waals surface area contributed by atoms with E-state index in [2.05, 4.69) is 0 Å². The lowest BCUT2D eigenvalue weighted by Crippen LogP contribution is -2.35. The zero-order valence-electron chi connectivity index (χ0n) is 17.7. The zero-order chi connectivity index (χ0) is 22.6. The second-order valence-electron chi connectivity index (χ2n) is 7.85. The van der Waals surface area contributed by atoms with E-state index in [-0.39, 0.29) is 17.9 Å². The van der Waals surface area contributed by atoms with Crippen molar-refractivity contribution in [3.05, 3.63) is 64.6 Å². The Bertz CT molecular complexity index is 1240. The van der Waals surface area contributed by atoms with Gasteiger partial charge >= 0.3 is 11.7 Å². The van der Waals surface area contributed by atoms with Crippen LogP contribution in [0.1, 0.15) is 31.2 Å². The van der Waals surface area contributed by atoms with Gasteiger partial charge < -0.3 is 9.15 Å². The summed E-state index contributed by atoms with van der Waals surface area (Å²) in [6, 6.07) is 13.6. The average Bonchev–Trinajstić information content (AvgIpc) is 3.12. The predicted molar refractivity (Wildman–Crippen MR) is 119 cm³/mol. The highest BCUT2D eigenvalue weighted by Crippen LogP contribution is 2.21. The van der Waals surface area contributed by atoms with Gasteiger partial charge in [-0.1, -0.05) is 30.7 Å². The fourth-order valence-electron chi connectivity index (χ4n) is 3.89. The minimum absolute atomic E-state index is 0.0542. The normalized spacial score (nSPS) is 15.1. The van der Waals surface area contributed by atoms with Gasteiger partial charge in [-0.05, 0) is 49.1 Å². The number of oxazole rings is 1. The van der Waals surface area contributed by atoms with E-state index in [0.29, 0.717) is 42.7 Å². The molecule has 0 aliphatic carbocycles. The third-order valence-corrected chi connectivity index (χ3v) is 7.50. The number of rotatable bonds is 8. The van der Waals surface area contributed by atoms with Gasteiger partial charge in [0.1, 0.15) is 0 Å². The molecule has 0 saturated carbocycles. The lowest BCUT2D eigenvalue weighted by molar-refractivity contribution is -0.143. The minimum Gasteiger partial charge on any atom is -0.465 e. The van der Waals surface area contributed by atoms with Crippen molar-refractivity contribution >= 4 is 27.1 Å². The first-order chi connectivity index (χ1) is 15.4. The number of aromatic nitrogens is 1. The Morgan fingerprint density at radius 3 is 2.47 bits per heavy atom. The van der Waals surface area contributed by atoms with Crippen molar-refractivity contribution in [1.82, 2.24) is 8.87 Å². The SMILES string of the molecule is O=C(Cc1ccc(S(=O)(=O)N2CCCCC2)cc1)OCCCn1c(=O)oc2ccccc21. The van der Waals surface area contributed by atoms with Gasteiger partial charge in [-0.2, -0.15) is 4.31 Å². The number of para-hydroxylation sites is 2. The first-order valence-corrected chi connectivity index (χ1v) is 12.2. The molecule has 0 amide bonds. The molecule has 2 aromatic carbocycles. The van der Waals surface area contributed by atoms with Crippen molar-refractivity contribution in [3.63, 3.8) is 0 Å². The molecule has 9 heteroatoms. The third-order valence-electron chi connectivity index (χ3n) is 5.59. The Morgan fingerprint density at radius 1 is 1.00 bits per heavy atom. The lowest BCUT2D eigenvalue weighted by atomic mass is 10.1. The van der Waals surface area contributed by atoms with Crippen LogP contribution < -0.4 is 5.76 Å². The van der Waals surface area contributed by atoms with Crippen LogP contribution in [0.15, 0.2) is 62.6 Å². The number of ether oxygens (including phenoxy) is 1. The molecule has 2 heterocycles. The molecule has 0 spiro atoms. The number of benzene rings is 2. The van der Waals surface area contributed by atoms with Gasteiger partial charge in [0.2, 0.25) is 10.0 Å². The van der Waals surface area contributed by atoms with E-state index in [1.54, 1.807) is 42.5 Å². The van der Waals surface area contributed by atoms with E-state index in [0.717, 1.165) is 19.3 Å². The van der Waals surface area contributed by atoms with E-state index < -0.39 is 21.7 Å². The van der Waals surface area contributed by atoms with E-state index in [1.165, 1.54) is 8.87 Å². The maximum Gasteiger partial charge on any atom is 0.419 e. The second-order valence-corrected chi connectivity index (χ2v) is 9.78. The number of aryl methyl sites for hydroxylation is 1. The summed E-state index contributed by atoms with van der Waals surface area (Å²) in [6.07, 6.45) is 3.35. The monoisotopic (exact) mass is 458 g/mol. The molecule has 32 heavy (non-hydrogen) atoms. The fraction of sp³-hybridized carbons (Fsp3) is 0.391. The topological polar surface area (TPSA) is 98.8 Å². The number of carbonyl (C=O) groups excluding carboxylic acids is 1. The standard InChI is InChI=1S/C23H26N2O6S/c26-22(30-16-6-15-25-20-7-2-3-8-21(20)31-23(25)27)17-18-9-11-19(12-10-18)32(28,29)24-13-4-1-5-14-24/h2-3,7-12H,1,4-6,13-17H2. The highest BCUT2D eigenvalue weighted by molar-refractivity contribution is 7.89. The molecular formula is C23H26N2O6S. The van der Waals surface area contributed by atoms with Crippen LogP contribution in [-0.4, -0.2) is 43.0 Å². The summed E-state index contributed by atoms with van der Waals surface area (Å²) in [5.74, 6) is -0.835. The number of piperidine rings is 1. The van der Waals surface area contributed by atoms with Crippen LogP contribution in [0.4, 0.5) is 0 Å². The molecule has 8 nitrogen and oxygen atoms in total. The average molecular weight is 459 g/mol. The van der Waals surface area contributed by atoms with Crippen molar-refractivity contribution in [1.29, 1.82) is 0 Å². The quantitative estimate of drug-likeness (QED) is 0.380. The number of fused-ring (bicyclic) bond motifs is 1. The number of sulfonamides is 1. The molecule has 170 valence electrons. The lowest BCUT2D eigenvalue weighted by Gasteiger charge is -2.25. The molecule has 1 aliphatic heterocycles. The minimum atomic E-state index is -3.48.